The lowest BCUT2D eigenvalue weighted by molar-refractivity contribution is -0.130. The minimum atomic E-state index is 0.275. The van der Waals surface area contributed by atoms with Crippen molar-refractivity contribution in [3.05, 3.63) is 78.1 Å². The zero-order valence-corrected chi connectivity index (χ0v) is 16.4. The third-order valence-electron chi connectivity index (χ3n) is 5.59. The summed E-state index contributed by atoms with van der Waals surface area (Å²) in [5, 5.41) is 0. The van der Waals surface area contributed by atoms with Crippen LogP contribution in [0.1, 0.15) is 36.6 Å². The number of likely N-dealkylation sites (tertiary alicyclic amines) is 1. The number of carbonyl (C=O) groups excluding carboxylic acids is 1. The van der Waals surface area contributed by atoms with Gasteiger partial charge in [-0.2, -0.15) is 0 Å². The lowest BCUT2D eigenvalue weighted by Crippen LogP contribution is -2.29. The first kappa shape index (κ1) is 18.5. The van der Waals surface area contributed by atoms with Crippen LogP contribution < -0.4 is 0 Å². The largest absolute Gasteiger partial charge is 0.341 e. The summed E-state index contributed by atoms with van der Waals surface area (Å²) >= 11 is 0. The summed E-state index contributed by atoms with van der Waals surface area (Å²) in [7, 11) is 0. The topological polar surface area (TPSA) is 38.1 Å². The Kier molecular flexibility index (Phi) is 5.56. The van der Waals surface area contributed by atoms with Crippen LogP contribution in [0.4, 0.5) is 0 Å². The summed E-state index contributed by atoms with van der Waals surface area (Å²) in [5.41, 5.74) is 3.58. The molecule has 1 unspecified atom stereocenters. The predicted octanol–water partition coefficient (Wildman–Crippen LogP) is 4.65. The summed E-state index contributed by atoms with van der Waals surface area (Å²) in [6.07, 6.45) is 5.41. The Morgan fingerprint density at radius 3 is 2.54 bits per heavy atom. The molecule has 0 spiro atoms. The van der Waals surface area contributed by atoms with Gasteiger partial charge in [0.1, 0.15) is 5.82 Å². The first-order chi connectivity index (χ1) is 13.7. The Labute approximate surface area is 166 Å². The number of hydrogen-bond acceptors (Lipinski definition) is 2. The molecule has 1 saturated heterocycles. The van der Waals surface area contributed by atoms with E-state index >= 15 is 0 Å². The molecule has 4 heteroatoms. The van der Waals surface area contributed by atoms with Gasteiger partial charge in [-0.25, -0.2) is 4.98 Å². The number of rotatable bonds is 6. The molecule has 3 aromatic rings. The second kappa shape index (κ2) is 8.42. The molecule has 1 atom stereocenters. The van der Waals surface area contributed by atoms with E-state index in [-0.39, 0.29) is 5.91 Å². The fourth-order valence-corrected chi connectivity index (χ4v) is 4.13. The van der Waals surface area contributed by atoms with Crippen LogP contribution in [0.15, 0.2) is 66.9 Å². The minimum absolute atomic E-state index is 0.275. The molecule has 4 rings (SSSR count). The molecular weight excluding hydrogens is 346 g/mol. The summed E-state index contributed by atoms with van der Waals surface area (Å²) < 4.78 is 2.31. The molecule has 0 bridgehead atoms. The van der Waals surface area contributed by atoms with Crippen molar-refractivity contribution in [1.82, 2.24) is 14.5 Å². The highest BCUT2D eigenvalue weighted by atomic mass is 16.2. The predicted molar refractivity (Wildman–Crippen MR) is 112 cm³/mol. The van der Waals surface area contributed by atoms with Crippen LogP contribution in [-0.2, 0) is 11.2 Å². The lowest BCUT2D eigenvalue weighted by Gasteiger charge is -2.20. The maximum Gasteiger partial charge on any atom is 0.222 e. The van der Waals surface area contributed by atoms with E-state index in [0.717, 1.165) is 49.4 Å². The number of aryl methyl sites for hydroxylation is 2. The molecule has 0 N–H and O–H groups in total. The number of imidazole rings is 1. The zero-order chi connectivity index (χ0) is 19.3. The molecule has 144 valence electrons. The van der Waals surface area contributed by atoms with Crippen molar-refractivity contribution in [2.24, 2.45) is 0 Å². The van der Waals surface area contributed by atoms with E-state index in [1.807, 2.05) is 35.4 Å². The Balaban J connectivity index is 1.38. The van der Waals surface area contributed by atoms with Gasteiger partial charge in [0.05, 0.1) is 6.04 Å². The zero-order valence-electron chi connectivity index (χ0n) is 16.4. The van der Waals surface area contributed by atoms with Gasteiger partial charge in [-0.1, -0.05) is 60.7 Å². The van der Waals surface area contributed by atoms with E-state index in [2.05, 4.69) is 52.9 Å². The van der Waals surface area contributed by atoms with E-state index in [4.69, 9.17) is 0 Å². The molecule has 1 amide bonds. The van der Waals surface area contributed by atoms with Crippen molar-refractivity contribution < 1.29 is 4.79 Å². The van der Waals surface area contributed by atoms with E-state index in [1.54, 1.807) is 0 Å². The van der Waals surface area contributed by atoms with Crippen molar-refractivity contribution in [3.63, 3.8) is 0 Å². The van der Waals surface area contributed by atoms with Gasteiger partial charge in [0.2, 0.25) is 5.91 Å². The first-order valence-corrected chi connectivity index (χ1v) is 10.1. The molecule has 2 heterocycles. The number of aromatic nitrogens is 2. The molecule has 4 nitrogen and oxygen atoms in total. The standard InChI is InChI=1S/C24H27N3O/c1-19-17-25-24(21-12-6-3-7-13-21)27(19)22-15-16-26(18-22)23(28)14-8-11-20-9-4-2-5-10-20/h2-7,9-10,12-13,17,22H,8,11,14-16,18H2,1H3. The maximum absolute atomic E-state index is 12.7. The summed E-state index contributed by atoms with van der Waals surface area (Å²) in [6, 6.07) is 21.0. The maximum atomic E-state index is 12.7. The van der Waals surface area contributed by atoms with Crippen molar-refractivity contribution >= 4 is 5.91 Å². The van der Waals surface area contributed by atoms with Crippen LogP contribution in [0.2, 0.25) is 0 Å². The minimum Gasteiger partial charge on any atom is -0.341 e. The van der Waals surface area contributed by atoms with Gasteiger partial charge in [0.15, 0.2) is 0 Å². The number of carbonyl (C=O) groups is 1. The van der Waals surface area contributed by atoms with Gasteiger partial charge in [0, 0.05) is 37.0 Å². The third kappa shape index (κ3) is 4.01. The number of amides is 1. The highest BCUT2D eigenvalue weighted by molar-refractivity contribution is 5.76. The quantitative estimate of drug-likeness (QED) is 0.630. The van der Waals surface area contributed by atoms with E-state index in [9.17, 15) is 4.79 Å². The van der Waals surface area contributed by atoms with Crippen molar-refractivity contribution in [1.29, 1.82) is 0 Å². The third-order valence-corrected chi connectivity index (χ3v) is 5.59. The van der Waals surface area contributed by atoms with E-state index in [0.29, 0.717) is 12.5 Å². The molecule has 1 aliphatic heterocycles. The normalized spacial score (nSPS) is 16.5. The summed E-state index contributed by atoms with van der Waals surface area (Å²) in [5.74, 6) is 1.28. The summed E-state index contributed by atoms with van der Waals surface area (Å²) in [6.45, 7) is 3.71. The Morgan fingerprint density at radius 2 is 1.79 bits per heavy atom. The van der Waals surface area contributed by atoms with Crippen LogP contribution in [0, 0.1) is 6.92 Å². The van der Waals surface area contributed by atoms with Crippen LogP contribution in [-0.4, -0.2) is 33.4 Å². The Bertz CT molecular complexity index is 918. The lowest BCUT2D eigenvalue weighted by atomic mass is 10.1. The van der Waals surface area contributed by atoms with Crippen LogP contribution in [0.5, 0.6) is 0 Å². The smallest absolute Gasteiger partial charge is 0.222 e. The highest BCUT2D eigenvalue weighted by Crippen LogP contribution is 2.30. The monoisotopic (exact) mass is 373 g/mol. The fourth-order valence-electron chi connectivity index (χ4n) is 4.13. The molecule has 1 aromatic heterocycles. The van der Waals surface area contributed by atoms with Gasteiger partial charge in [-0.15, -0.1) is 0 Å². The number of nitrogens with zero attached hydrogens (tertiary/aromatic N) is 3. The van der Waals surface area contributed by atoms with Gasteiger partial charge >= 0.3 is 0 Å². The molecule has 0 aliphatic carbocycles. The van der Waals surface area contributed by atoms with Gasteiger partial charge in [0.25, 0.3) is 0 Å². The second-order valence-electron chi connectivity index (χ2n) is 7.58. The Hall–Kier alpha value is -2.88. The van der Waals surface area contributed by atoms with Crippen LogP contribution >= 0.6 is 0 Å². The summed E-state index contributed by atoms with van der Waals surface area (Å²) in [4.78, 5) is 19.4. The van der Waals surface area contributed by atoms with Gasteiger partial charge < -0.3 is 9.47 Å². The van der Waals surface area contributed by atoms with Gasteiger partial charge in [-0.05, 0) is 31.7 Å². The molecule has 1 fully saturated rings. The van der Waals surface area contributed by atoms with Crippen LogP contribution in [0.3, 0.4) is 0 Å². The van der Waals surface area contributed by atoms with Crippen molar-refractivity contribution in [2.45, 2.75) is 38.6 Å². The fraction of sp³-hybridized carbons (Fsp3) is 0.333. The average Bonchev–Trinajstić information content (AvgIpc) is 3.36. The highest BCUT2D eigenvalue weighted by Gasteiger charge is 2.29. The molecule has 28 heavy (non-hydrogen) atoms. The van der Waals surface area contributed by atoms with Crippen molar-refractivity contribution in [3.8, 4) is 11.4 Å². The van der Waals surface area contributed by atoms with E-state index < -0.39 is 0 Å². The first-order valence-electron chi connectivity index (χ1n) is 10.1. The van der Waals surface area contributed by atoms with Gasteiger partial charge in [-0.3, -0.25) is 4.79 Å². The molecule has 0 saturated carbocycles. The number of hydrogen-bond donors (Lipinski definition) is 0. The van der Waals surface area contributed by atoms with Crippen molar-refractivity contribution in [2.75, 3.05) is 13.1 Å². The SMILES string of the molecule is Cc1cnc(-c2ccccc2)n1C1CCN(C(=O)CCCc2ccccc2)C1. The molecule has 2 aromatic carbocycles. The number of benzene rings is 2. The van der Waals surface area contributed by atoms with E-state index in [1.165, 1.54) is 5.56 Å². The van der Waals surface area contributed by atoms with Crippen LogP contribution in [0.25, 0.3) is 11.4 Å². The molecule has 1 aliphatic rings. The molecular formula is C24H27N3O. The average molecular weight is 374 g/mol. The second-order valence-corrected chi connectivity index (χ2v) is 7.58. The Morgan fingerprint density at radius 1 is 1.07 bits per heavy atom. The molecule has 0 radical (unpaired) electrons.